The SMILES string of the molecule is CC=CC(C)OC(N)=O. The number of rotatable bonds is 2. The van der Waals surface area contributed by atoms with Gasteiger partial charge in [-0.3, -0.25) is 0 Å². The summed E-state index contributed by atoms with van der Waals surface area (Å²) in [5, 5.41) is 0. The van der Waals surface area contributed by atoms with Crippen LogP contribution in [0.4, 0.5) is 4.79 Å². The molecule has 0 aromatic rings. The molecule has 0 heterocycles. The first-order valence-corrected chi connectivity index (χ1v) is 2.75. The maximum atomic E-state index is 10.1. The Hall–Kier alpha value is -0.990. The highest BCUT2D eigenvalue weighted by atomic mass is 16.6. The fraction of sp³-hybridized carbons (Fsp3) is 0.500. The Kier molecular flexibility index (Phi) is 3.51. The maximum Gasteiger partial charge on any atom is 0.405 e. The number of carbonyl (C=O) groups is 1. The van der Waals surface area contributed by atoms with Crippen molar-refractivity contribution in [1.82, 2.24) is 0 Å². The van der Waals surface area contributed by atoms with E-state index in [0.717, 1.165) is 0 Å². The lowest BCUT2D eigenvalue weighted by Gasteiger charge is -2.03. The first kappa shape index (κ1) is 8.01. The Bertz CT molecular complexity index is 120. The Morgan fingerprint density at radius 2 is 2.33 bits per heavy atom. The Balaban J connectivity index is 3.50. The van der Waals surface area contributed by atoms with Crippen molar-refractivity contribution in [2.45, 2.75) is 20.0 Å². The quantitative estimate of drug-likeness (QED) is 0.566. The third-order valence-corrected chi connectivity index (χ3v) is 0.766. The van der Waals surface area contributed by atoms with Crippen LogP contribution in [0.3, 0.4) is 0 Å². The van der Waals surface area contributed by atoms with Crippen LogP contribution in [0.1, 0.15) is 13.8 Å². The van der Waals surface area contributed by atoms with Crippen LogP contribution in [0.15, 0.2) is 12.2 Å². The van der Waals surface area contributed by atoms with E-state index in [4.69, 9.17) is 5.73 Å². The number of allylic oxidation sites excluding steroid dienone is 1. The van der Waals surface area contributed by atoms with Gasteiger partial charge in [0, 0.05) is 0 Å². The van der Waals surface area contributed by atoms with Gasteiger partial charge in [-0.25, -0.2) is 4.79 Å². The van der Waals surface area contributed by atoms with Crippen LogP contribution in [-0.4, -0.2) is 12.2 Å². The van der Waals surface area contributed by atoms with Crippen molar-refractivity contribution in [2.24, 2.45) is 5.73 Å². The van der Waals surface area contributed by atoms with Crippen molar-refractivity contribution in [3.8, 4) is 0 Å². The highest BCUT2D eigenvalue weighted by molar-refractivity contribution is 5.64. The van der Waals surface area contributed by atoms with Crippen molar-refractivity contribution >= 4 is 6.09 Å². The summed E-state index contributed by atoms with van der Waals surface area (Å²) in [5.74, 6) is 0. The molecule has 1 amide bonds. The van der Waals surface area contributed by atoms with Gasteiger partial charge >= 0.3 is 6.09 Å². The third-order valence-electron chi connectivity index (χ3n) is 0.766. The molecule has 0 fully saturated rings. The zero-order chi connectivity index (χ0) is 7.28. The molecule has 0 bridgehead atoms. The van der Waals surface area contributed by atoms with Gasteiger partial charge in [0.25, 0.3) is 0 Å². The van der Waals surface area contributed by atoms with E-state index in [9.17, 15) is 4.79 Å². The molecule has 3 nitrogen and oxygen atoms in total. The zero-order valence-corrected chi connectivity index (χ0v) is 5.63. The lowest BCUT2D eigenvalue weighted by Crippen LogP contribution is -2.18. The maximum absolute atomic E-state index is 10.1. The van der Waals surface area contributed by atoms with E-state index in [1.165, 1.54) is 0 Å². The molecule has 1 unspecified atom stereocenters. The molecule has 52 valence electrons. The van der Waals surface area contributed by atoms with Gasteiger partial charge < -0.3 is 10.5 Å². The van der Waals surface area contributed by atoms with Crippen molar-refractivity contribution in [3.05, 3.63) is 12.2 Å². The Morgan fingerprint density at radius 3 is 2.67 bits per heavy atom. The highest BCUT2D eigenvalue weighted by Gasteiger charge is 1.98. The summed E-state index contributed by atoms with van der Waals surface area (Å²) in [4.78, 5) is 10.1. The zero-order valence-electron chi connectivity index (χ0n) is 5.63. The fourth-order valence-electron chi connectivity index (χ4n) is 0.494. The van der Waals surface area contributed by atoms with Crippen molar-refractivity contribution in [2.75, 3.05) is 0 Å². The molecular formula is C6H11NO2. The van der Waals surface area contributed by atoms with Gasteiger partial charge in [0.05, 0.1) is 0 Å². The van der Waals surface area contributed by atoms with E-state index in [1.54, 1.807) is 19.1 Å². The average Bonchev–Trinajstić information content (AvgIpc) is 1.63. The summed E-state index contributed by atoms with van der Waals surface area (Å²) in [7, 11) is 0. The van der Waals surface area contributed by atoms with Crippen LogP contribution < -0.4 is 5.73 Å². The van der Waals surface area contributed by atoms with Gasteiger partial charge in [-0.05, 0) is 19.9 Å². The number of primary amides is 1. The summed E-state index contributed by atoms with van der Waals surface area (Å²) < 4.78 is 4.54. The summed E-state index contributed by atoms with van der Waals surface area (Å²) in [6.45, 7) is 3.59. The topological polar surface area (TPSA) is 52.3 Å². The van der Waals surface area contributed by atoms with Gasteiger partial charge in [-0.15, -0.1) is 0 Å². The summed E-state index contributed by atoms with van der Waals surface area (Å²) in [5.41, 5.74) is 4.73. The molecule has 0 aromatic heterocycles. The number of carbonyl (C=O) groups excluding carboxylic acids is 1. The molecule has 3 heteroatoms. The minimum atomic E-state index is -0.736. The van der Waals surface area contributed by atoms with Gasteiger partial charge in [-0.2, -0.15) is 0 Å². The average molecular weight is 129 g/mol. The highest BCUT2D eigenvalue weighted by Crippen LogP contribution is 1.90. The molecule has 0 aliphatic carbocycles. The van der Waals surface area contributed by atoms with Crippen LogP contribution >= 0.6 is 0 Å². The van der Waals surface area contributed by atoms with Gasteiger partial charge in [-0.1, -0.05) is 6.08 Å². The molecule has 0 radical (unpaired) electrons. The van der Waals surface area contributed by atoms with E-state index >= 15 is 0 Å². The van der Waals surface area contributed by atoms with E-state index in [2.05, 4.69) is 4.74 Å². The molecule has 0 aromatic carbocycles. The normalized spacial score (nSPS) is 13.6. The third kappa shape index (κ3) is 4.87. The predicted octanol–water partition coefficient (Wildman–Crippen LogP) is 1.05. The lowest BCUT2D eigenvalue weighted by atomic mass is 10.4. The van der Waals surface area contributed by atoms with Crippen LogP contribution in [0.2, 0.25) is 0 Å². The molecule has 9 heavy (non-hydrogen) atoms. The largest absolute Gasteiger partial charge is 0.442 e. The van der Waals surface area contributed by atoms with Crippen molar-refractivity contribution < 1.29 is 9.53 Å². The monoisotopic (exact) mass is 129 g/mol. The van der Waals surface area contributed by atoms with E-state index < -0.39 is 6.09 Å². The second-order valence-electron chi connectivity index (χ2n) is 1.67. The van der Waals surface area contributed by atoms with E-state index in [-0.39, 0.29) is 6.10 Å². The second kappa shape index (κ2) is 3.95. The standard InChI is InChI=1S/C6H11NO2/c1-3-4-5(2)9-6(7)8/h3-5H,1-2H3,(H2,7,8). The molecule has 0 aliphatic heterocycles. The minimum absolute atomic E-state index is 0.215. The summed E-state index contributed by atoms with van der Waals surface area (Å²) in [6.07, 6.45) is 2.59. The molecule has 0 aliphatic rings. The number of hydrogen-bond donors (Lipinski definition) is 1. The molecule has 0 spiro atoms. The Morgan fingerprint density at radius 1 is 1.78 bits per heavy atom. The number of hydrogen-bond acceptors (Lipinski definition) is 2. The van der Waals surface area contributed by atoms with Crippen LogP contribution in [0.5, 0.6) is 0 Å². The van der Waals surface area contributed by atoms with Gasteiger partial charge in [0.2, 0.25) is 0 Å². The Labute approximate surface area is 54.5 Å². The summed E-state index contributed by atoms with van der Waals surface area (Å²) in [6, 6.07) is 0. The minimum Gasteiger partial charge on any atom is -0.442 e. The van der Waals surface area contributed by atoms with E-state index in [1.807, 2.05) is 6.92 Å². The predicted molar refractivity (Wildman–Crippen MR) is 34.9 cm³/mol. The smallest absolute Gasteiger partial charge is 0.405 e. The number of nitrogens with two attached hydrogens (primary N) is 1. The summed E-state index contributed by atoms with van der Waals surface area (Å²) >= 11 is 0. The number of ether oxygens (including phenoxy) is 1. The van der Waals surface area contributed by atoms with Crippen molar-refractivity contribution in [3.63, 3.8) is 0 Å². The molecule has 0 saturated heterocycles. The molecule has 1 atom stereocenters. The van der Waals surface area contributed by atoms with E-state index in [0.29, 0.717) is 0 Å². The van der Waals surface area contributed by atoms with Gasteiger partial charge in [0.1, 0.15) is 6.10 Å². The van der Waals surface area contributed by atoms with Crippen LogP contribution in [0.25, 0.3) is 0 Å². The van der Waals surface area contributed by atoms with Crippen molar-refractivity contribution in [1.29, 1.82) is 0 Å². The molecule has 0 saturated carbocycles. The fourth-order valence-corrected chi connectivity index (χ4v) is 0.494. The molecular weight excluding hydrogens is 118 g/mol. The number of amides is 1. The van der Waals surface area contributed by atoms with Crippen LogP contribution in [0, 0.1) is 0 Å². The molecule has 0 rings (SSSR count). The van der Waals surface area contributed by atoms with Gasteiger partial charge in [0.15, 0.2) is 0 Å². The lowest BCUT2D eigenvalue weighted by molar-refractivity contribution is 0.137. The molecule has 2 N–H and O–H groups in total. The second-order valence-corrected chi connectivity index (χ2v) is 1.67. The van der Waals surface area contributed by atoms with Crippen LogP contribution in [-0.2, 0) is 4.74 Å². The first-order valence-electron chi connectivity index (χ1n) is 2.75. The first-order chi connectivity index (χ1) is 4.16.